The Hall–Kier alpha value is -2.65. The van der Waals surface area contributed by atoms with Gasteiger partial charge in [0.25, 0.3) is 0 Å². The van der Waals surface area contributed by atoms with Crippen molar-refractivity contribution < 1.29 is 18.8 Å². The van der Waals surface area contributed by atoms with Crippen LogP contribution in [0.15, 0.2) is 72.8 Å². The van der Waals surface area contributed by atoms with Gasteiger partial charge >= 0.3 is 144 Å². The van der Waals surface area contributed by atoms with Crippen LogP contribution >= 0.6 is 8.17 Å². The number of hydrogen-bond acceptors (Lipinski definition) is 4. The van der Waals surface area contributed by atoms with Gasteiger partial charge in [-0.25, -0.2) is 0 Å². The summed E-state index contributed by atoms with van der Waals surface area (Å²) in [6.45, 7) is 0. The van der Waals surface area contributed by atoms with Crippen LogP contribution in [-0.2, 0) is 0 Å². The van der Waals surface area contributed by atoms with Crippen molar-refractivity contribution in [2.24, 2.45) is 0 Å². The molecule has 5 rings (SSSR count). The Kier molecular flexibility index (Phi) is 3.03. The Bertz CT molecular complexity index is 1050. The molecule has 0 saturated carbocycles. The van der Waals surface area contributed by atoms with Gasteiger partial charge in [0, 0.05) is 0 Å². The molecule has 1 aliphatic rings. The number of fused-ring (bicyclic) bond motifs is 7. The van der Waals surface area contributed by atoms with Gasteiger partial charge in [-0.3, -0.25) is 0 Å². The molecule has 0 aliphatic carbocycles. The molecule has 4 aromatic carbocycles. The second kappa shape index (κ2) is 5.17. The average Bonchev–Trinajstić information content (AvgIpc) is 2.73. The summed E-state index contributed by atoms with van der Waals surface area (Å²) in [5, 5.41) is 4.06. The minimum absolute atomic E-state index is 0.422. The van der Waals surface area contributed by atoms with E-state index in [4.69, 9.17) is 9.05 Å². The molecule has 0 radical (unpaired) electrons. The summed E-state index contributed by atoms with van der Waals surface area (Å²) in [5.74, 6) is 0.843. The Morgan fingerprint density at radius 2 is 1.00 bits per heavy atom. The van der Waals surface area contributed by atoms with Gasteiger partial charge in [-0.15, -0.1) is 0 Å². The van der Waals surface area contributed by atoms with Crippen molar-refractivity contribution in [1.29, 1.82) is 0 Å². The molecule has 0 bridgehead atoms. The molecule has 4 aromatic rings. The SMILES string of the molecule is O[PH]1(O)Oc2ccc3ccccc3c2-c2c(ccc3ccccc23)O1. The Labute approximate surface area is 144 Å². The van der Waals surface area contributed by atoms with E-state index in [9.17, 15) is 9.79 Å². The quantitative estimate of drug-likeness (QED) is 0.446. The van der Waals surface area contributed by atoms with Crippen LogP contribution in [0.2, 0.25) is 0 Å². The first-order valence-corrected chi connectivity index (χ1v) is 9.70. The number of benzene rings is 4. The third-order valence-corrected chi connectivity index (χ3v) is 5.49. The van der Waals surface area contributed by atoms with E-state index in [0.717, 1.165) is 32.7 Å². The van der Waals surface area contributed by atoms with Gasteiger partial charge < -0.3 is 0 Å². The summed E-state index contributed by atoms with van der Waals surface area (Å²) < 4.78 is 11.0. The molecule has 1 heterocycles. The Morgan fingerprint density at radius 3 is 1.48 bits per heavy atom. The molecule has 0 saturated heterocycles. The monoisotopic (exact) mass is 350 g/mol. The molecule has 4 nitrogen and oxygen atoms in total. The first-order chi connectivity index (χ1) is 12.1. The molecule has 0 unspecified atom stereocenters. The van der Waals surface area contributed by atoms with Crippen molar-refractivity contribution in [1.82, 2.24) is 0 Å². The molecular formula is C20H15O4P. The van der Waals surface area contributed by atoms with Crippen molar-refractivity contribution >= 4 is 29.7 Å². The summed E-state index contributed by atoms with van der Waals surface area (Å²) in [5.41, 5.74) is 1.64. The third-order valence-electron chi connectivity index (χ3n) is 4.52. The zero-order valence-electron chi connectivity index (χ0n) is 13.1. The third kappa shape index (κ3) is 2.27. The fourth-order valence-corrected chi connectivity index (χ4v) is 4.45. The predicted molar refractivity (Wildman–Crippen MR) is 101 cm³/mol. The number of hydrogen-bond donors (Lipinski definition) is 2. The van der Waals surface area contributed by atoms with Crippen LogP contribution in [0.25, 0.3) is 32.7 Å². The molecule has 0 spiro atoms. The topological polar surface area (TPSA) is 58.9 Å². The molecule has 5 heteroatoms. The van der Waals surface area contributed by atoms with Crippen molar-refractivity contribution in [2.75, 3.05) is 0 Å². The summed E-state index contributed by atoms with van der Waals surface area (Å²) in [7, 11) is -4.32. The fraction of sp³-hybridized carbons (Fsp3) is 0. The van der Waals surface area contributed by atoms with Gasteiger partial charge in [0.1, 0.15) is 0 Å². The van der Waals surface area contributed by atoms with Gasteiger partial charge in [-0.1, -0.05) is 0 Å². The van der Waals surface area contributed by atoms with Crippen molar-refractivity contribution in [3.63, 3.8) is 0 Å². The maximum atomic E-state index is 10.2. The van der Waals surface area contributed by atoms with Crippen LogP contribution in [0.1, 0.15) is 0 Å². The zero-order chi connectivity index (χ0) is 17.0. The first kappa shape index (κ1) is 14.7. The average molecular weight is 350 g/mol. The van der Waals surface area contributed by atoms with Crippen LogP contribution in [0.5, 0.6) is 11.5 Å². The summed E-state index contributed by atoms with van der Waals surface area (Å²) in [6.07, 6.45) is 0. The number of rotatable bonds is 0. The van der Waals surface area contributed by atoms with E-state index in [1.165, 1.54) is 0 Å². The molecular weight excluding hydrogens is 335 g/mol. The molecule has 1 aliphatic heterocycles. The van der Waals surface area contributed by atoms with Gasteiger partial charge in [0.15, 0.2) is 0 Å². The van der Waals surface area contributed by atoms with Crippen molar-refractivity contribution in [3.8, 4) is 22.6 Å². The van der Waals surface area contributed by atoms with Gasteiger partial charge in [0.2, 0.25) is 0 Å². The molecule has 0 atom stereocenters. The van der Waals surface area contributed by atoms with Crippen LogP contribution in [0.3, 0.4) is 0 Å². The normalized spacial score (nSPS) is 16.2. The fourth-order valence-electron chi connectivity index (χ4n) is 3.50. The van der Waals surface area contributed by atoms with Gasteiger partial charge in [-0.2, -0.15) is 0 Å². The molecule has 2 N–H and O–H groups in total. The maximum absolute atomic E-state index is 10.2. The summed E-state index contributed by atoms with van der Waals surface area (Å²) in [4.78, 5) is 20.5. The van der Waals surface area contributed by atoms with Gasteiger partial charge in [0.05, 0.1) is 0 Å². The van der Waals surface area contributed by atoms with E-state index in [0.29, 0.717) is 11.5 Å². The Balaban J connectivity index is 2.00. The van der Waals surface area contributed by atoms with E-state index in [2.05, 4.69) is 0 Å². The molecule has 0 aromatic heterocycles. The second-order valence-electron chi connectivity index (χ2n) is 6.07. The minimum atomic E-state index is -4.32. The molecule has 0 amide bonds. The zero-order valence-corrected chi connectivity index (χ0v) is 14.1. The summed E-state index contributed by atoms with van der Waals surface area (Å²) >= 11 is 0. The van der Waals surface area contributed by atoms with Crippen LogP contribution < -0.4 is 9.05 Å². The van der Waals surface area contributed by atoms with Crippen LogP contribution in [0.4, 0.5) is 0 Å². The first-order valence-electron chi connectivity index (χ1n) is 7.99. The van der Waals surface area contributed by atoms with Crippen molar-refractivity contribution in [2.45, 2.75) is 0 Å². The van der Waals surface area contributed by atoms with E-state index in [-0.39, 0.29) is 0 Å². The molecule has 0 fully saturated rings. The van der Waals surface area contributed by atoms with Crippen molar-refractivity contribution in [3.05, 3.63) is 72.8 Å². The van der Waals surface area contributed by atoms with Crippen LogP contribution in [-0.4, -0.2) is 9.79 Å². The van der Waals surface area contributed by atoms with E-state index < -0.39 is 8.17 Å². The molecule has 25 heavy (non-hydrogen) atoms. The summed E-state index contributed by atoms with van der Waals surface area (Å²) in [6, 6.07) is 23.3. The van der Waals surface area contributed by atoms with Gasteiger partial charge in [-0.05, 0) is 0 Å². The van der Waals surface area contributed by atoms with E-state index in [1.807, 2.05) is 60.7 Å². The van der Waals surface area contributed by atoms with E-state index >= 15 is 0 Å². The Morgan fingerprint density at radius 1 is 0.560 bits per heavy atom. The van der Waals surface area contributed by atoms with Crippen LogP contribution in [0, 0.1) is 0 Å². The predicted octanol–water partition coefficient (Wildman–Crippen LogP) is 4.83. The van der Waals surface area contributed by atoms with E-state index in [1.54, 1.807) is 12.1 Å². The standard InChI is InChI=1S/C20H15O4P/c21-25(22)23-17-11-9-13-5-1-3-7-15(13)19(17)20-16-8-4-2-6-14(16)10-12-18(20)24-25/h1-12,21-22,25H. The molecule has 124 valence electrons. The second-order valence-corrected chi connectivity index (χ2v) is 7.58.